The van der Waals surface area contributed by atoms with E-state index in [-0.39, 0.29) is 42.7 Å². The second-order valence-electron chi connectivity index (χ2n) is 6.53. The topological polar surface area (TPSA) is 79.9 Å². The molecule has 166 valence electrons. The van der Waals surface area contributed by atoms with E-state index in [2.05, 4.69) is 4.99 Å². The molecule has 1 saturated heterocycles. The molecule has 0 N–H and O–H groups in total. The molecule has 2 aromatic rings. The van der Waals surface area contributed by atoms with Gasteiger partial charge in [0, 0.05) is 27.2 Å². The summed E-state index contributed by atoms with van der Waals surface area (Å²) in [4.78, 5) is 41.0. The molecule has 2 heterocycles. The minimum Gasteiger partial charge on any atom is -0.292 e. The van der Waals surface area contributed by atoms with E-state index in [1.165, 1.54) is 10.0 Å². The highest BCUT2D eigenvalue weighted by molar-refractivity contribution is 8.15. The first kappa shape index (κ1) is 23.0. The number of hydrazine groups is 1. The van der Waals surface area contributed by atoms with Gasteiger partial charge in [-0.15, -0.1) is 0 Å². The standard InChI is InChI=1S/C17H14ClF4N5O3S/c1-24(2)27-14(29)7-31-15(27)23-10-5-11(9(19)4-8(10)18)26-13(28)6-12(17(20,21)22)25(3)16(26)30/h4-6H,7H2,1-3H3/b23-15-. The number of halogens is 5. The highest BCUT2D eigenvalue weighted by atomic mass is 35.5. The van der Waals surface area contributed by atoms with Crippen LogP contribution in [0.15, 0.2) is 32.8 Å². The van der Waals surface area contributed by atoms with E-state index in [0.717, 1.165) is 30.9 Å². The van der Waals surface area contributed by atoms with E-state index >= 15 is 0 Å². The third-order valence-electron chi connectivity index (χ3n) is 4.23. The maximum atomic E-state index is 14.6. The fourth-order valence-electron chi connectivity index (χ4n) is 2.84. The Bertz CT molecular complexity index is 1220. The molecular weight excluding hydrogens is 466 g/mol. The predicted octanol–water partition coefficient (Wildman–Crippen LogP) is 2.39. The smallest absolute Gasteiger partial charge is 0.292 e. The lowest BCUT2D eigenvalue weighted by atomic mass is 10.2. The molecule has 0 spiro atoms. The maximum Gasteiger partial charge on any atom is 0.431 e. The Labute approximate surface area is 181 Å². The van der Waals surface area contributed by atoms with Crippen molar-refractivity contribution in [3.05, 3.63) is 55.6 Å². The summed E-state index contributed by atoms with van der Waals surface area (Å²) >= 11 is 7.12. The Morgan fingerprint density at radius 1 is 1.16 bits per heavy atom. The molecule has 0 atom stereocenters. The van der Waals surface area contributed by atoms with Gasteiger partial charge in [0.15, 0.2) is 5.17 Å². The summed E-state index contributed by atoms with van der Waals surface area (Å²) in [6.45, 7) is 0. The Morgan fingerprint density at radius 2 is 1.81 bits per heavy atom. The average Bonchev–Trinajstić information content (AvgIpc) is 3.01. The van der Waals surface area contributed by atoms with Crippen molar-refractivity contribution in [3.63, 3.8) is 0 Å². The van der Waals surface area contributed by atoms with E-state index < -0.39 is 34.6 Å². The first-order valence-corrected chi connectivity index (χ1v) is 9.80. The largest absolute Gasteiger partial charge is 0.431 e. The van der Waals surface area contributed by atoms with Gasteiger partial charge in [-0.3, -0.25) is 14.2 Å². The Morgan fingerprint density at radius 3 is 2.39 bits per heavy atom. The minimum absolute atomic E-state index is 0.0871. The van der Waals surface area contributed by atoms with Gasteiger partial charge in [-0.2, -0.15) is 13.2 Å². The van der Waals surface area contributed by atoms with Crippen LogP contribution in [0.3, 0.4) is 0 Å². The third-order valence-corrected chi connectivity index (χ3v) is 5.44. The van der Waals surface area contributed by atoms with Gasteiger partial charge in [0.1, 0.15) is 11.5 Å². The Kier molecular flexibility index (Phi) is 6.04. The van der Waals surface area contributed by atoms with E-state index in [1.54, 1.807) is 14.1 Å². The number of aromatic nitrogens is 2. The maximum absolute atomic E-state index is 14.6. The number of carbonyl (C=O) groups excluding carboxylic acids is 1. The van der Waals surface area contributed by atoms with Gasteiger partial charge in [0.2, 0.25) is 0 Å². The minimum atomic E-state index is -4.95. The third kappa shape index (κ3) is 4.25. The van der Waals surface area contributed by atoms with Gasteiger partial charge < -0.3 is 0 Å². The number of nitrogens with zero attached hydrogens (tertiary/aromatic N) is 5. The van der Waals surface area contributed by atoms with Crippen LogP contribution in [0, 0.1) is 5.82 Å². The fraction of sp³-hybridized carbons (Fsp3) is 0.294. The van der Waals surface area contributed by atoms with Crippen LogP contribution < -0.4 is 11.2 Å². The summed E-state index contributed by atoms with van der Waals surface area (Å²) in [7, 11) is 4.01. The zero-order valence-corrected chi connectivity index (χ0v) is 17.8. The van der Waals surface area contributed by atoms with Crippen LogP contribution >= 0.6 is 23.4 Å². The number of carbonyl (C=O) groups is 1. The molecule has 0 radical (unpaired) electrons. The van der Waals surface area contributed by atoms with Crippen LogP contribution in [0.2, 0.25) is 5.02 Å². The summed E-state index contributed by atoms with van der Waals surface area (Å²) < 4.78 is 54.2. The number of alkyl halides is 3. The van der Waals surface area contributed by atoms with Crippen molar-refractivity contribution >= 4 is 40.1 Å². The highest BCUT2D eigenvalue weighted by Crippen LogP contribution is 2.33. The fourth-order valence-corrected chi connectivity index (χ4v) is 3.95. The average molecular weight is 480 g/mol. The predicted molar refractivity (Wildman–Crippen MR) is 107 cm³/mol. The number of amides is 1. The normalized spacial score (nSPS) is 16.1. The summed E-state index contributed by atoms with van der Waals surface area (Å²) in [5.41, 5.74) is -4.98. The number of hydrogen-bond donors (Lipinski definition) is 0. The molecule has 14 heteroatoms. The monoisotopic (exact) mass is 479 g/mol. The SMILES string of the molecule is CN(C)N1C(=O)CS/C1=N\c1cc(-n2c(=O)cc(C(F)(F)F)n(C)c2=O)c(F)cc1Cl. The lowest BCUT2D eigenvalue weighted by molar-refractivity contribution is -0.144. The molecule has 0 unspecified atom stereocenters. The summed E-state index contributed by atoms with van der Waals surface area (Å²) in [5.74, 6) is -1.28. The molecule has 1 aliphatic rings. The zero-order chi connectivity index (χ0) is 23.2. The van der Waals surface area contributed by atoms with E-state index in [1.807, 2.05) is 0 Å². The molecule has 1 amide bonds. The molecule has 0 aliphatic carbocycles. The van der Waals surface area contributed by atoms with Crippen LogP contribution in [-0.2, 0) is 18.0 Å². The number of benzene rings is 1. The van der Waals surface area contributed by atoms with E-state index in [4.69, 9.17) is 11.6 Å². The number of thioether (sulfide) groups is 1. The van der Waals surface area contributed by atoms with Gasteiger partial charge in [-0.1, -0.05) is 23.4 Å². The zero-order valence-electron chi connectivity index (χ0n) is 16.2. The molecule has 1 aliphatic heterocycles. The number of amidine groups is 1. The molecule has 1 aromatic carbocycles. The quantitative estimate of drug-likeness (QED) is 0.632. The molecule has 3 rings (SSSR count). The van der Waals surface area contributed by atoms with Crippen molar-refractivity contribution in [3.8, 4) is 5.69 Å². The second kappa shape index (κ2) is 8.13. The highest BCUT2D eigenvalue weighted by Gasteiger charge is 2.35. The van der Waals surface area contributed by atoms with Gasteiger partial charge in [-0.25, -0.2) is 28.8 Å². The number of rotatable bonds is 3. The van der Waals surface area contributed by atoms with Gasteiger partial charge in [0.05, 0.1) is 22.2 Å². The first-order valence-electron chi connectivity index (χ1n) is 8.44. The van der Waals surface area contributed by atoms with Crippen molar-refractivity contribution in [1.82, 2.24) is 19.2 Å². The van der Waals surface area contributed by atoms with Crippen molar-refractivity contribution in [2.45, 2.75) is 6.18 Å². The number of hydrogen-bond acceptors (Lipinski definition) is 6. The molecule has 0 saturated carbocycles. The van der Waals surface area contributed by atoms with Crippen molar-refractivity contribution in [2.24, 2.45) is 12.0 Å². The van der Waals surface area contributed by atoms with Gasteiger partial charge in [-0.05, 0) is 12.1 Å². The van der Waals surface area contributed by atoms with Crippen molar-refractivity contribution < 1.29 is 22.4 Å². The molecule has 8 nitrogen and oxygen atoms in total. The van der Waals surface area contributed by atoms with E-state index in [9.17, 15) is 31.9 Å². The van der Waals surface area contributed by atoms with Crippen molar-refractivity contribution in [1.29, 1.82) is 0 Å². The van der Waals surface area contributed by atoms with Crippen LogP contribution in [-0.4, -0.2) is 50.1 Å². The van der Waals surface area contributed by atoms with Crippen LogP contribution in [0.4, 0.5) is 23.2 Å². The lowest BCUT2D eigenvalue weighted by Crippen LogP contribution is -2.41. The molecule has 31 heavy (non-hydrogen) atoms. The Hall–Kier alpha value is -2.64. The van der Waals surface area contributed by atoms with Crippen LogP contribution in [0.5, 0.6) is 0 Å². The molecule has 1 fully saturated rings. The first-order chi connectivity index (χ1) is 14.3. The molecular formula is C17H14ClF4N5O3S. The van der Waals surface area contributed by atoms with Crippen LogP contribution in [0.25, 0.3) is 5.69 Å². The summed E-state index contributed by atoms with van der Waals surface area (Å²) in [5, 5.41) is 2.73. The van der Waals surface area contributed by atoms with Crippen LogP contribution in [0.1, 0.15) is 5.69 Å². The summed E-state index contributed by atoms with van der Waals surface area (Å²) in [6.07, 6.45) is -4.95. The van der Waals surface area contributed by atoms with E-state index in [0.29, 0.717) is 0 Å². The summed E-state index contributed by atoms with van der Waals surface area (Å²) in [6, 6.07) is 1.93. The van der Waals surface area contributed by atoms with Gasteiger partial charge >= 0.3 is 11.9 Å². The van der Waals surface area contributed by atoms with Gasteiger partial charge in [0.25, 0.3) is 11.5 Å². The Balaban J connectivity index is 2.21. The molecule has 1 aromatic heterocycles. The second-order valence-corrected chi connectivity index (χ2v) is 7.88. The lowest BCUT2D eigenvalue weighted by Gasteiger charge is -2.23. The number of aliphatic imine (C=N–C) groups is 1. The van der Waals surface area contributed by atoms with Crippen molar-refractivity contribution in [2.75, 3.05) is 19.8 Å². The molecule has 0 bridgehead atoms.